The molecule has 0 bridgehead atoms. The van der Waals surface area contributed by atoms with Crippen molar-refractivity contribution in [2.24, 2.45) is 0 Å². The first-order valence-corrected chi connectivity index (χ1v) is 4.14. The van der Waals surface area contributed by atoms with Crippen LogP contribution in [0.3, 0.4) is 0 Å². The number of aromatic nitrogens is 2. The van der Waals surface area contributed by atoms with E-state index in [1.54, 1.807) is 0 Å². The summed E-state index contributed by atoms with van der Waals surface area (Å²) in [6, 6.07) is 0. The first-order chi connectivity index (χ1) is 7.32. The van der Waals surface area contributed by atoms with Crippen molar-refractivity contribution >= 4 is 11.6 Å². The molecule has 0 aliphatic carbocycles. The number of nitrogen functional groups attached to an aromatic ring is 1. The number of halogens is 3. The van der Waals surface area contributed by atoms with Crippen LogP contribution in [0.15, 0.2) is 6.20 Å². The lowest BCUT2D eigenvalue weighted by Crippen LogP contribution is -2.40. The highest BCUT2D eigenvalue weighted by Crippen LogP contribution is 2.19. The molecule has 5 N–H and O–H groups in total. The molecule has 1 heterocycles. The fraction of sp³-hybridized carbons (Fsp3) is 0.429. The summed E-state index contributed by atoms with van der Waals surface area (Å²) in [5.41, 5.74) is 5.16. The fourth-order valence-electron chi connectivity index (χ4n) is 0.871. The van der Waals surface area contributed by atoms with Crippen LogP contribution in [0.4, 0.5) is 18.9 Å². The van der Waals surface area contributed by atoms with Crippen LogP contribution in [0.2, 0.25) is 0 Å². The summed E-state index contributed by atoms with van der Waals surface area (Å²) in [7, 11) is 0. The summed E-state index contributed by atoms with van der Waals surface area (Å²) < 4.78 is 35.6. The zero-order valence-electron chi connectivity index (χ0n) is 7.88. The van der Waals surface area contributed by atoms with Gasteiger partial charge in [0.15, 0.2) is 6.10 Å². The van der Waals surface area contributed by atoms with Crippen molar-refractivity contribution in [1.29, 1.82) is 0 Å². The highest BCUT2D eigenvalue weighted by molar-refractivity contribution is 5.96. The molecule has 0 aromatic carbocycles. The molecular weight excluding hydrogens is 229 g/mol. The molecule has 1 aromatic rings. The smallest absolute Gasteiger partial charge is 0.396 e. The zero-order valence-corrected chi connectivity index (χ0v) is 7.88. The van der Waals surface area contributed by atoms with Gasteiger partial charge in [-0.1, -0.05) is 0 Å². The van der Waals surface area contributed by atoms with E-state index in [9.17, 15) is 18.0 Å². The maximum Gasteiger partial charge on any atom is 0.416 e. The van der Waals surface area contributed by atoms with Crippen molar-refractivity contribution in [2.45, 2.75) is 12.3 Å². The van der Waals surface area contributed by atoms with Gasteiger partial charge in [-0.25, -0.2) is 0 Å². The highest BCUT2D eigenvalue weighted by Gasteiger charge is 2.38. The Morgan fingerprint density at radius 3 is 2.75 bits per heavy atom. The Balaban J connectivity index is 2.52. The quantitative estimate of drug-likeness (QED) is 0.577. The number of H-pyrrole nitrogens is 1. The van der Waals surface area contributed by atoms with E-state index in [1.165, 1.54) is 0 Å². The molecule has 6 nitrogen and oxygen atoms in total. The second-order valence-electron chi connectivity index (χ2n) is 2.97. The van der Waals surface area contributed by atoms with Gasteiger partial charge in [-0.3, -0.25) is 9.89 Å². The Kier molecular flexibility index (Phi) is 3.38. The Morgan fingerprint density at radius 2 is 2.31 bits per heavy atom. The Morgan fingerprint density at radius 1 is 1.69 bits per heavy atom. The molecule has 0 saturated carbocycles. The van der Waals surface area contributed by atoms with Crippen LogP contribution in [0.5, 0.6) is 0 Å². The normalized spacial score (nSPS) is 13.5. The molecule has 1 atom stereocenters. The predicted octanol–water partition coefficient (Wildman–Crippen LogP) is -0.355. The van der Waals surface area contributed by atoms with Gasteiger partial charge in [-0.15, -0.1) is 0 Å². The fourth-order valence-corrected chi connectivity index (χ4v) is 0.871. The molecule has 1 unspecified atom stereocenters. The number of alkyl halides is 3. The third-order valence-electron chi connectivity index (χ3n) is 1.73. The lowest BCUT2D eigenvalue weighted by Gasteiger charge is -2.14. The molecule has 0 aliphatic heterocycles. The van der Waals surface area contributed by atoms with Gasteiger partial charge in [0, 0.05) is 0 Å². The number of anilines is 1. The maximum absolute atomic E-state index is 11.9. The topological polar surface area (TPSA) is 104 Å². The number of nitrogens with one attached hydrogen (secondary N) is 2. The number of aliphatic hydroxyl groups excluding tert-OH is 1. The molecule has 0 radical (unpaired) electrons. The van der Waals surface area contributed by atoms with Crippen molar-refractivity contribution in [3.8, 4) is 0 Å². The van der Waals surface area contributed by atoms with Gasteiger partial charge in [0.05, 0.1) is 18.4 Å². The number of carbonyl (C=O) groups excluding carboxylic acids is 1. The minimum Gasteiger partial charge on any atom is -0.396 e. The maximum atomic E-state index is 11.9. The average molecular weight is 238 g/mol. The van der Waals surface area contributed by atoms with Crippen molar-refractivity contribution in [2.75, 3.05) is 12.3 Å². The minimum atomic E-state index is -4.77. The first-order valence-electron chi connectivity index (χ1n) is 4.14. The molecule has 9 heteroatoms. The highest BCUT2D eigenvalue weighted by atomic mass is 19.4. The Labute approximate surface area is 87.6 Å². The minimum absolute atomic E-state index is 0.0130. The summed E-state index contributed by atoms with van der Waals surface area (Å²) in [6.45, 7) is -0.944. The van der Waals surface area contributed by atoms with Gasteiger partial charge < -0.3 is 16.2 Å². The SMILES string of the molecule is Nc1cn[nH]c1C(=O)NCC(O)C(F)(F)F. The van der Waals surface area contributed by atoms with Crippen LogP contribution in [-0.4, -0.2) is 40.0 Å². The summed E-state index contributed by atoms with van der Waals surface area (Å²) in [6.07, 6.45) is -6.23. The van der Waals surface area contributed by atoms with E-state index in [0.717, 1.165) is 6.20 Å². The summed E-state index contributed by atoms with van der Waals surface area (Å²) in [4.78, 5) is 11.2. The van der Waals surface area contributed by atoms with E-state index in [4.69, 9.17) is 10.8 Å². The molecule has 16 heavy (non-hydrogen) atoms. The standard InChI is InChI=1S/C7H9F3N4O2/c8-7(9,10)4(15)2-12-6(16)5-3(11)1-13-14-5/h1,4,15H,2,11H2,(H,12,16)(H,13,14). The molecule has 1 rings (SSSR count). The zero-order chi connectivity index (χ0) is 12.3. The number of carbonyl (C=O) groups is 1. The Bertz CT molecular complexity index is 376. The van der Waals surface area contributed by atoms with E-state index >= 15 is 0 Å². The number of nitrogens with zero attached hydrogens (tertiary/aromatic N) is 1. The van der Waals surface area contributed by atoms with E-state index in [2.05, 4.69) is 10.2 Å². The number of aliphatic hydroxyl groups is 1. The number of nitrogens with two attached hydrogens (primary N) is 1. The van der Waals surface area contributed by atoms with Crippen molar-refractivity contribution < 1.29 is 23.1 Å². The van der Waals surface area contributed by atoms with Gasteiger partial charge in [0.25, 0.3) is 5.91 Å². The van der Waals surface area contributed by atoms with Crippen molar-refractivity contribution in [3.63, 3.8) is 0 Å². The monoisotopic (exact) mass is 238 g/mol. The van der Waals surface area contributed by atoms with Gasteiger partial charge in [0.2, 0.25) is 0 Å². The first kappa shape index (κ1) is 12.3. The Hall–Kier alpha value is -1.77. The summed E-state index contributed by atoms with van der Waals surface area (Å²) >= 11 is 0. The summed E-state index contributed by atoms with van der Waals surface area (Å²) in [5, 5.41) is 16.1. The third kappa shape index (κ3) is 2.86. The lowest BCUT2D eigenvalue weighted by molar-refractivity contribution is -0.201. The van der Waals surface area contributed by atoms with Crippen LogP contribution in [0.25, 0.3) is 0 Å². The molecule has 1 aromatic heterocycles. The second kappa shape index (κ2) is 4.39. The molecule has 0 aliphatic rings. The van der Waals surface area contributed by atoms with E-state index in [0.29, 0.717) is 0 Å². The largest absolute Gasteiger partial charge is 0.416 e. The van der Waals surface area contributed by atoms with Gasteiger partial charge in [-0.05, 0) is 0 Å². The number of hydrogen-bond donors (Lipinski definition) is 4. The van der Waals surface area contributed by atoms with E-state index in [1.807, 2.05) is 5.32 Å². The molecule has 1 amide bonds. The summed E-state index contributed by atoms with van der Waals surface area (Å²) in [5.74, 6) is -0.863. The average Bonchev–Trinajstić information content (AvgIpc) is 2.58. The lowest BCUT2D eigenvalue weighted by atomic mass is 10.3. The van der Waals surface area contributed by atoms with Crippen LogP contribution in [0, 0.1) is 0 Å². The van der Waals surface area contributed by atoms with Crippen molar-refractivity contribution in [1.82, 2.24) is 15.5 Å². The van der Waals surface area contributed by atoms with Gasteiger partial charge in [-0.2, -0.15) is 18.3 Å². The third-order valence-corrected chi connectivity index (χ3v) is 1.73. The van der Waals surface area contributed by atoms with Crippen LogP contribution in [0.1, 0.15) is 10.5 Å². The molecule has 0 fully saturated rings. The van der Waals surface area contributed by atoms with Crippen LogP contribution < -0.4 is 11.1 Å². The number of aromatic amines is 1. The molecule has 0 saturated heterocycles. The molecule has 90 valence electrons. The number of rotatable bonds is 3. The molecular formula is C7H9F3N4O2. The number of hydrogen-bond acceptors (Lipinski definition) is 4. The van der Waals surface area contributed by atoms with E-state index < -0.39 is 24.7 Å². The van der Waals surface area contributed by atoms with Crippen LogP contribution in [-0.2, 0) is 0 Å². The second-order valence-corrected chi connectivity index (χ2v) is 2.97. The van der Waals surface area contributed by atoms with Crippen LogP contribution >= 0.6 is 0 Å². The van der Waals surface area contributed by atoms with Crippen molar-refractivity contribution in [3.05, 3.63) is 11.9 Å². The van der Waals surface area contributed by atoms with E-state index in [-0.39, 0.29) is 11.4 Å². The number of amides is 1. The van der Waals surface area contributed by atoms with Gasteiger partial charge in [0.1, 0.15) is 5.69 Å². The van der Waals surface area contributed by atoms with Gasteiger partial charge >= 0.3 is 6.18 Å². The predicted molar refractivity (Wildman–Crippen MR) is 47.4 cm³/mol. The molecule has 0 spiro atoms.